The Morgan fingerprint density at radius 1 is 1.60 bits per heavy atom. The lowest BCUT2D eigenvalue weighted by Gasteiger charge is -2.21. The molecule has 0 spiro atoms. The van der Waals surface area contributed by atoms with Gasteiger partial charge in [0.15, 0.2) is 5.82 Å². The van der Waals surface area contributed by atoms with Crippen LogP contribution < -0.4 is 4.90 Å². The van der Waals surface area contributed by atoms with Gasteiger partial charge in [0, 0.05) is 18.8 Å². The first-order valence-corrected chi connectivity index (χ1v) is 5.03. The van der Waals surface area contributed by atoms with Gasteiger partial charge in [-0.3, -0.25) is 4.79 Å². The summed E-state index contributed by atoms with van der Waals surface area (Å²) in [5, 5.41) is 16.5. The zero-order valence-corrected chi connectivity index (χ0v) is 8.33. The van der Waals surface area contributed by atoms with Gasteiger partial charge in [0.2, 0.25) is 0 Å². The van der Waals surface area contributed by atoms with E-state index in [1.807, 2.05) is 17.0 Å². The number of aromatic nitrogens is 2. The highest BCUT2D eigenvalue weighted by atomic mass is 16.4. The molecule has 0 saturated heterocycles. The van der Waals surface area contributed by atoms with Crippen molar-refractivity contribution in [3.63, 3.8) is 0 Å². The number of anilines is 1. The summed E-state index contributed by atoms with van der Waals surface area (Å²) in [4.78, 5) is 12.5. The largest absolute Gasteiger partial charge is 0.481 e. The van der Waals surface area contributed by atoms with Gasteiger partial charge in [-0.25, -0.2) is 0 Å². The summed E-state index contributed by atoms with van der Waals surface area (Å²) in [6, 6.07) is 4.15. The number of aliphatic carboxylic acids is 1. The van der Waals surface area contributed by atoms with Crippen molar-refractivity contribution < 1.29 is 9.90 Å². The van der Waals surface area contributed by atoms with Crippen LogP contribution in [0.3, 0.4) is 0 Å². The second-order valence-corrected chi connectivity index (χ2v) is 3.65. The molecule has 0 aromatic carbocycles. The predicted octanol–water partition coefficient (Wildman–Crippen LogP) is 0.920. The highest BCUT2D eigenvalue weighted by molar-refractivity contribution is 5.67. The summed E-state index contributed by atoms with van der Waals surface area (Å²) in [6.45, 7) is 0.513. The van der Waals surface area contributed by atoms with Crippen molar-refractivity contribution >= 4 is 11.8 Å². The Morgan fingerprint density at radius 3 is 2.93 bits per heavy atom. The topological polar surface area (TPSA) is 66.3 Å². The molecule has 1 saturated carbocycles. The molecule has 1 N–H and O–H groups in total. The average molecular weight is 207 g/mol. The van der Waals surface area contributed by atoms with Crippen LogP contribution in [-0.2, 0) is 4.79 Å². The molecule has 1 heterocycles. The molecular formula is C10H13N3O2. The fourth-order valence-corrected chi connectivity index (χ4v) is 1.53. The fraction of sp³-hybridized carbons (Fsp3) is 0.500. The molecule has 80 valence electrons. The summed E-state index contributed by atoms with van der Waals surface area (Å²) in [5.74, 6) is 0.00536. The maximum atomic E-state index is 10.5. The molecule has 1 fully saturated rings. The Balaban J connectivity index is 2.03. The minimum Gasteiger partial charge on any atom is -0.481 e. The van der Waals surface area contributed by atoms with Crippen LogP contribution in [0, 0.1) is 0 Å². The number of nitrogens with zero attached hydrogens (tertiary/aromatic N) is 3. The number of hydrogen-bond donors (Lipinski definition) is 1. The average Bonchev–Trinajstić information content (AvgIpc) is 3.03. The Morgan fingerprint density at radius 2 is 2.40 bits per heavy atom. The molecule has 0 aliphatic heterocycles. The van der Waals surface area contributed by atoms with Crippen molar-refractivity contribution in [3.05, 3.63) is 18.3 Å². The molecule has 15 heavy (non-hydrogen) atoms. The Bertz CT molecular complexity index is 338. The van der Waals surface area contributed by atoms with Crippen molar-refractivity contribution in [1.29, 1.82) is 0 Å². The lowest BCUT2D eigenvalue weighted by atomic mass is 10.3. The van der Waals surface area contributed by atoms with Crippen LogP contribution in [-0.4, -0.2) is 33.9 Å². The first-order chi connectivity index (χ1) is 7.27. The van der Waals surface area contributed by atoms with Crippen molar-refractivity contribution in [2.75, 3.05) is 11.4 Å². The van der Waals surface area contributed by atoms with Crippen molar-refractivity contribution in [2.24, 2.45) is 0 Å². The zero-order valence-electron chi connectivity index (χ0n) is 8.33. The van der Waals surface area contributed by atoms with E-state index < -0.39 is 5.97 Å². The minimum atomic E-state index is -0.774. The van der Waals surface area contributed by atoms with Gasteiger partial charge in [-0.1, -0.05) is 0 Å². The molecule has 0 bridgehead atoms. The molecule has 0 atom stereocenters. The van der Waals surface area contributed by atoms with Crippen LogP contribution >= 0.6 is 0 Å². The molecule has 5 heteroatoms. The number of hydrogen-bond acceptors (Lipinski definition) is 4. The summed E-state index contributed by atoms with van der Waals surface area (Å²) in [6.07, 6.45) is 4.01. The van der Waals surface area contributed by atoms with Gasteiger partial charge < -0.3 is 10.0 Å². The summed E-state index contributed by atoms with van der Waals surface area (Å²) in [5.41, 5.74) is 0. The van der Waals surface area contributed by atoms with Crippen LogP contribution in [0.1, 0.15) is 19.3 Å². The normalized spacial score (nSPS) is 14.9. The molecule has 0 amide bonds. The lowest BCUT2D eigenvalue weighted by molar-refractivity contribution is -0.136. The van der Waals surface area contributed by atoms with Gasteiger partial charge >= 0.3 is 5.97 Å². The number of carboxylic acid groups (broad SMARTS) is 1. The van der Waals surface area contributed by atoms with Crippen molar-refractivity contribution in [1.82, 2.24) is 10.2 Å². The lowest BCUT2D eigenvalue weighted by Crippen LogP contribution is -2.29. The molecule has 2 rings (SSSR count). The van der Waals surface area contributed by atoms with Gasteiger partial charge in [0.05, 0.1) is 6.42 Å². The second kappa shape index (κ2) is 4.25. The van der Waals surface area contributed by atoms with Gasteiger partial charge in [0.25, 0.3) is 0 Å². The SMILES string of the molecule is O=C(O)CCN(c1cccnn1)C1CC1. The quantitative estimate of drug-likeness (QED) is 0.777. The van der Waals surface area contributed by atoms with E-state index in [1.165, 1.54) is 0 Å². The summed E-state index contributed by atoms with van der Waals surface area (Å²) >= 11 is 0. The highest BCUT2D eigenvalue weighted by Gasteiger charge is 2.30. The van der Waals surface area contributed by atoms with Crippen molar-refractivity contribution in [2.45, 2.75) is 25.3 Å². The molecule has 0 radical (unpaired) electrons. The number of carboxylic acids is 1. The monoisotopic (exact) mass is 207 g/mol. The summed E-state index contributed by atoms with van der Waals surface area (Å²) in [7, 11) is 0. The van der Waals surface area contributed by atoms with E-state index in [4.69, 9.17) is 5.11 Å². The van der Waals surface area contributed by atoms with Gasteiger partial charge in [-0.2, -0.15) is 5.10 Å². The van der Waals surface area contributed by atoms with Crippen molar-refractivity contribution in [3.8, 4) is 0 Å². The fourth-order valence-electron chi connectivity index (χ4n) is 1.53. The Kier molecular flexibility index (Phi) is 2.80. The molecule has 5 nitrogen and oxygen atoms in total. The molecule has 1 aliphatic carbocycles. The molecule has 1 aliphatic rings. The summed E-state index contributed by atoms with van der Waals surface area (Å²) < 4.78 is 0. The predicted molar refractivity (Wildman–Crippen MR) is 54.7 cm³/mol. The molecular weight excluding hydrogens is 194 g/mol. The first kappa shape index (κ1) is 9.89. The van der Waals surface area contributed by atoms with E-state index in [2.05, 4.69) is 10.2 Å². The van der Waals surface area contributed by atoms with E-state index >= 15 is 0 Å². The minimum absolute atomic E-state index is 0.146. The van der Waals surface area contributed by atoms with E-state index in [0.29, 0.717) is 12.6 Å². The molecule has 1 aromatic rings. The van der Waals surface area contributed by atoms with Crippen LogP contribution in [0.4, 0.5) is 5.82 Å². The number of rotatable bonds is 5. The van der Waals surface area contributed by atoms with Crippen LogP contribution in [0.15, 0.2) is 18.3 Å². The van der Waals surface area contributed by atoms with E-state index in [0.717, 1.165) is 18.7 Å². The van der Waals surface area contributed by atoms with E-state index in [-0.39, 0.29) is 6.42 Å². The highest BCUT2D eigenvalue weighted by Crippen LogP contribution is 2.30. The Hall–Kier alpha value is -1.65. The maximum Gasteiger partial charge on any atom is 0.305 e. The first-order valence-electron chi connectivity index (χ1n) is 5.03. The number of carbonyl (C=O) groups is 1. The molecule has 1 aromatic heterocycles. The van der Waals surface area contributed by atoms with Gasteiger partial charge in [0.1, 0.15) is 0 Å². The second-order valence-electron chi connectivity index (χ2n) is 3.65. The van der Waals surface area contributed by atoms with Crippen LogP contribution in [0.2, 0.25) is 0 Å². The zero-order chi connectivity index (χ0) is 10.7. The van der Waals surface area contributed by atoms with E-state index in [9.17, 15) is 4.79 Å². The maximum absolute atomic E-state index is 10.5. The van der Waals surface area contributed by atoms with E-state index in [1.54, 1.807) is 6.20 Å². The standard InChI is InChI=1S/C10H13N3O2/c14-10(15)5-7-13(8-3-4-8)9-2-1-6-11-12-9/h1-2,6,8H,3-5,7H2,(H,14,15). The van der Waals surface area contributed by atoms with Crippen LogP contribution in [0.5, 0.6) is 0 Å². The third kappa shape index (κ3) is 2.65. The third-order valence-electron chi connectivity index (χ3n) is 2.41. The third-order valence-corrected chi connectivity index (χ3v) is 2.41. The smallest absolute Gasteiger partial charge is 0.305 e. The Labute approximate surface area is 87.7 Å². The van der Waals surface area contributed by atoms with Gasteiger partial charge in [-0.15, -0.1) is 5.10 Å². The van der Waals surface area contributed by atoms with Gasteiger partial charge in [-0.05, 0) is 25.0 Å². The van der Waals surface area contributed by atoms with Crippen LogP contribution in [0.25, 0.3) is 0 Å². The molecule has 0 unspecified atom stereocenters.